The average Bonchev–Trinajstić information content (AvgIpc) is 3.20. The van der Waals surface area contributed by atoms with E-state index in [-0.39, 0.29) is 48.2 Å². The quantitative estimate of drug-likeness (QED) is 0.426. The van der Waals surface area contributed by atoms with Crippen LogP contribution in [0.1, 0.15) is 73.2 Å². The van der Waals surface area contributed by atoms with Crippen molar-refractivity contribution in [2.45, 2.75) is 69.7 Å². The summed E-state index contributed by atoms with van der Waals surface area (Å²) in [5.41, 5.74) is 4.95. The van der Waals surface area contributed by atoms with Crippen LogP contribution in [0.4, 0.5) is 0 Å². The van der Waals surface area contributed by atoms with Crippen molar-refractivity contribution in [1.29, 1.82) is 0 Å². The number of carbonyl (C=O) groups is 4. The molecule has 4 heterocycles. The van der Waals surface area contributed by atoms with Gasteiger partial charge in [0, 0.05) is 58.7 Å². The van der Waals surface area contributed by atoms with Crippen LogP contribution in [0.3, 0.4) is 0 Å². The number of pyridine rings is 1. The van der Waals surface area contributed by atoms with Crippen molar-refractivity contribution in [2.75, 3.05) is 26.2 Å². The molecule has 6 rings (SSSR count). The first-order valence-corrected chi connectivity index (χ1v) is 17.1. The van der Waals surface area contributed by atoms with Crippen molar-refractivity contribution in [3.63, 3.8) is 0 Å². The van der Waals surface area contributed by atoms with E-state index in [1.165, 1.54) is 16.7 Å². The molecule has 1 aromatic carbocycles. The van der Waals surface area contributed by atoms with E-state index in [9.17, 15) is 19.2 Å². The Morgan fingerprint density at radius 3 is 2.23 bits per heavy atom. The predicted octanol–water partition coefficient (Wildman–Crippen LogP) is 5.21. The fourth-order valence-electron chi connectivity index (χ4n) is 7.35. The lowest BCUT2D eigenvalue weighted by Crippen LogP contribution is -2.44. The second kappa shape index (κ2) is 13.0. The molecule has 2 aromatic rings. The Hall–Kier alpha value is -2.30. The first kappa shape index (κ1) is 30.7. The van der Waals surface area contributed by atoms with Crippen molar-refractivity contribution in [1.82, 2.24) is 20.1 Å². The lowest BCUT2D eigenvalue weighted by Gasteiger charge is -2.38. The normalized spacial score (nSPS) is 23.0. The molecule has 0 saturated carbocycles. The van der Waals surface area contributed by atoms with E-state index in [0.717, 1.165) is 71.3 Å². The summed E-state index contributed by atoms with van der Waals surface area (Å²) in [4.78, 5) is 58.1. The molecule has 11 heteroatoms. The molecule has 3 amide bonds. The van der Waals surface area contributed by atoms with Gasteiger partial charge >= 0.3 is 0 Å². The number of aryl methyl sites for hydroxylation is 2. The minimum absolute atomic E-state index is 0.0233. The molecule has 1 N–H and O–H groups in total. The number of carbonyl (C=O) groups excluding carboxylic acids is 4. The van der Waals surface area contributed by atoms with E-state index in [4.69, 9.17) is 16.6 Å². The molecule has 3 fully saturated rings. The zero-order valence-electron chi connectivity index (χ0n) is 23.9. The monoisotopic (exact) mass is 732 g/mol. The van der Waals surface area contributed by atoms with Gasteiger partial charge in [0.1, 0.15) is 0 Å². The smallest absolute Gasteiger partial charge is 0.228 e. The van der Waals surface area contributed by atoms with Crippen LogP contribution >= 0.6 is 43.5 Å². The molecule has 228 valence electrons. The van der Waals surface area contributed by atoms with E-state index in [2.05, 4.69) is 49.3 Å². The number of aromatic nitrogens is 1. The Balaban J connectivity index is 1.05. The third-order valence-electron chi connectivity index (χ3n) is 9.65. The van der Waals surface area contributed by atoms with Gasteiger partial charge in [0.05, 0.1) is 24.6 Å². The number of nitrogens with zero attached hydrogens (tertiary/aromatic N) is 3. The first-order valence-electron chi connectivity index (χ1n) is 15.2. The van der Waals surface area contributed by atoms with E-state index in [1.54, 1.807) is 4.90 Å². The van der Waals surface area contributed by atoms with Gasteiger partial charge in [-0.2, -0.15) is 0 Å². The molecule has 0 spiro atoms. The summed E-state index contributed by atoms with van der Waals surface area (Å²) >= 11 is 13.9. The van der Waals surface area contributed by atoms with Gasteiger partial charge in [-0.15, -0.1) is 0 Å². The maximum atomic E-state index is 13.4. The number of fused-ring (bicyclic) bond motifs is 2. The second-order valence-corrected chi connectivity index (χ2v) is 14.6. The largest absolute Gasteiger partial charge is 0.345 e. The summed E-state index contributed by atoms with van der Waals surface area (Å²) in [7, 11) is 0. The van der Waals surface area contributed by atoms with Crippen LogP contribution in [0.2, 0.25) is 5.02 Å². The Labute approximate surface area is 273 Å². The van der Waals surface area contributed by atoms with Gasteiger partial charge in [-0.25, -0.2) is 0 Å². The lowest BCUT2D eigenvalue weighted by atomic mass is 9.76. The predicted molar refractivity (Wildman–Crippen MR) is 170 cm³/mol. The molecular weight excluding hydrogens is 700 g/mol. The van der Waals surface area contributed by atoms with Crippen molar-refractivity contribution in [3.05, 3.63) is 60.7 Å². The number of halogens is 3. The van der Waals surface area contributed by atoms with Gasteiger partial charge in [0.15, 0.2) is 5.78 Å². The van der Waals surface area contributed by atoms with Gasteiger partial charge in [-0.05, 0) is 101 Å². The van der Waals surface area contributed by atoms with Crippen LogP contribution in [0.25, 0.3) is 0 Å². The molecule has 3 saturated heterocycles. The summed E-state index contributed by atoms with van der Waals surface area (Å²) < 4.78 is 2.02. The SMILES string of the molecule is O=C1CC(=O)C(CC(=O)N2CCC(CC(=O)N3CCC([C@H]4c5ncc(Br)cc5CCc5cc(Cl)cc(Br)c54)CC3)CC2)N1. The van der Waals surface area contributed by atoms with Crippen LogP contribution in [-0.4, -0.2) is 70.5 Å². The standard InChI is InChI=1S/C32H35Br2ClN4O4/c33-22-12-21-2-1-20-13-23(35)14-24(34)30(20)31(32(21)36-17-22)19-5-9-39(10-6-19)28(42)11-18-3-7-38(8-4-18)29(43)15-25-26(40)16-27(41)37-25/h12-14,17-19,25,31H,1-11,15-16H2,(H,37,41)/t25?,31-/m1/s1. The molecule has 43 heavy (non-hydrogen) atoms. The molecule has 2 atom stereocenters. The number of hydrogen-bond acceptors (Lipinski definition) is 5. The Kier molecular flexibility index (Phi) is 9.27. The molecule has 1 aromatic heterocycles. The fourth-order valence-corrected chi connectivity index (χ4v) is 8.85. The maximum absolute atomic E-state index is 13.4. The van der Waals surface area contributed by atoms with E-state index in [1.807, 2.05) is 17.2 Å². The van der Waals surface area contributed by atoms with Crippen LogP contribution in [0.15, 0.2) is 33.3 Å². The fraction of sp³-hybridized carbons (Fsp3) is 0.531. The zero-order chi connectivity index (χ0) is 30.2. The van der Waals surface area contributed by atoms with Crippen LogP contribution in [0, 0.1) is 11.8 Å². The van der Waals surface area contributed by atoms with Crippen LogP contribution in [0.5, 0.6) is 0 Å². The van der Waals surface area contributed by atoms with E-state index < -0.39 is 6.04 Å². The van der Waals surface area contributed by atoms with Crippen molar-refractivity contribution < 1.29 is 19.2 Å². The number of benzene rings is 1. The number of ketones is 1. The van der Waals surface area contributed by atoms with Crippen molar-refractivity contribution in [3.8, 4) is 0 Å². The minimum atomic E-state index is -0.696. The van der Waals surface area contributed by atoms with Gasteiger partial charge in [0.25, 0.3) is 0 Å². The highest BCUT2D eigenvalue weighted by molar-refractivity contribution is 9.10. The molecule has 8 nitrogen and oxygen atoms in total. The number of rotatable bonds is 5. The highest BCUT2D eigenvalue weighted by atomic mass is 79.9. The second-order valence-electron chi connectivity index (χ2n) is 12.3. The van der Waals surface area contributed by atoms with E-state index >= 15 is 0 Å². The Bertz CT molecular complexity index is 1450. The molecule has 1 unspecified atom stereocenters. The van der Waals surface area contributed by atoms with E-state index in [0.29, 0.717) is 25.4 Å². The third kappa shape index (κ3) is 6.71. The summed E-state index contributed by atoms with van der Waals surface area (Å²) in [6, 6.07) is 5.58. The Morgan fingerprint density at radius 2 is 1.56 bits per heavy atom. The molecule has 0 bridgehead atoms. The third-order valence-corrected chi connectivity index (χ3v) is 11.0. The minimum Gasteiger partial charge on any atom is -0.345 e. The number of piperidine rings is 2. The number of amides is 3. The number of hydrogen-bond donors (Lipinski definition) is 1. The maximum Gasteiger partial charge on any atom is 0.228 e. The molecular formula is C32H35Br2ClN4O4. The summed E-state index contributed by atoms with van der Waals surface area (Å²) in [5.74, 6) is 0.304. The van der Waals surface area contributed by atoms with Crippen LogP contribution in [-0.2, 0) is 32.0 Å². The van der Waals surface area contributed by atoms with Gasteiger partial charge in [-0.1, -0.05) is 27.5 Å². The topological polar surface area (TPSA) is 99.7 Å². The average molecular weight is 735 g/mol. The highest BCUT2D eigenvalue weighted by Gasteiger charge is 2.37. The summed E-state index contributed by atoms with van der Waals surface area (Å²) in [6.45, 7) is 2.61. The van der Waals surface area contributed by atoms with Crippen molar-refractivity contribution >= 4 is 67.0 Å². The van der Waals surface area contributed by atoms with Gasteiger partial charge in [0.2, 0.25) is 17.7 Å². The number of Topliss-reactive ketones (excluding diaryl/α,β-unsaturated/α-hetero) is 1. The lowest BCUT2D eigenvalue weighted by molar-refractivity contribution is -0.136. The highest BCUT2D eigenvalue weighted by Crippen LogP contribution is 2.46. The summed E-state index contributed by atoms with van der Waals surface area (Å²) in [5, 5.41) is 3.32. The summed E-state index contributed by atoms with van der Waals surface area (Å²) in [6.07, 6.45) is 7.46. The van der Waals surface area contributed by atoms with Gasteiger partial charge < -0.3 is 15.1 Å². The number of likely N-dealkylation sites (tertiary alicyclic amines) is 2. The molecule has 4 aliphatic rings. The molecule has 0 radical (unpaired) electrons. The van der Waals surface area contributed by atoms with Crippen molar-refractivity contribution in [2.24, 2.45) is 11.8 Å². The number of nitrogens with one attached hydrogen (secondary N) is 1. The molecule has 1 aliphatic carbocycles. The van der Waals surface area contributed by atoms with Gasteiger partial charge in [-0.3, -0.25) is 24.2 Å². The zero-order valence-corrected chi connectivity index (χ0v) is 27.8. The van der Waals surface area contributed by atoms with Crippen LogP contribution < -0.4 is 5.32 Å². The first-order chi connectivity index (χ1) is 20.7. The molecule has 3 aliphatic heterocycles. The Morgan fingerprint density at radius 1 is 0.907 bits per heavy atom.